The van der Waals surface area contributed by atoms with Gasteiger partial charge in [-0.1, -0.05) is 54.6 Å². The lowest BCUT2D eigenvalue weighted by Crippen LogP contribution is -2.50. The Balaban J connectivity index is 1.19. The highest BCUT2D eigenvalue weighted by Gasteiger charge is 2.26. The number of hydrogen-bond donors (Lipinski definition) is 1. The Hall–Kier alpha value is -5.97. The summed E-state index contributed by atoms with van der Waals surface area (Å²) in [7, 11) is 0. The summed E-state index contributed by atoms with van der Waals surface area (Å²) in [5, 5.41) is 11.0. The molecule has 1 aromatic heterocycles. The maximum Gasteiger partial charge on any atom is 0.294 e. The molecule has 0 atom stereocenters. The maximum atomic E-state index is 14.5. The molecule has 1 N–H and O–H groups in total. The number of ketones is 1. The Morgan fingerprint density at radius 1 is 0.720 bits per heavy atom. The van der Waals surface area contributed by atoms with E-state index in [0.29, 0.717) is 36.9 Å². The molecule has 7 nitrogen and oxygen atoms in total. The Bertz CT molecular complexity index is 2100. The number of benzene rings is 4. The summed E-state index contributed by atoms with van der Waals surface area (Å²) in [6, 6.07) is 25.5. The quantitative estimate of drug-likeness (QED) is 0.0829. The number of amides is 1. The first-order valence-corrected chi connectivity index (χ1v) is 15.8. The molecule has 1 aliphatic rings. The van der Waals surface area contributed by atoms with Crippen molar-refractivity contribution < 1.29 is 32.3 Å². The van der Waals surface area contributed by atoms with Gasteiger partial charge in [0, 0.05) is 68.3 Å². The Kier molecular flexibility index (Phi) is 9.94. The normalized spacial score (nSPS) is 13.4. The number of rotatable bonds is 9. The van der Waals surface area contributed by atoms with Crippen molar-refractivity contribution in [3.8, 4) is 11.1 Å². The van der Waals surface area contributed by atoms with Crippen LogP contribution in [0.2, 0.25) is 0 Å². The number of pyridine rings is 1. The van der Waals surface area contributed by atoms with Gasteiger partial charge in [0.05, 0.1) is 12.1 Å². The molecule has 6 rings (SSSR count). The Morgan fingerprint density at radius 3 is 1.98 bits per heavy atom. The summed E-state index contributed by atoms with van der Waals surface area (Å²) in [4.78, 5) is 43.1. The lowest BCUT2D eigenvalue weighted by Gasteiger charge is -2.35. The molecule has 1 amide bonds. The van der Waals surface area contributed by atoms with Crippen molar-refractivity contribution in [1.82, 2.24) is 9.47 Å². The van der Waals surface area contributed by atoms with Crippen molar-refractivity contribution in [3.05, 3.63) is 165 Å². The molecule has 5 aromatic rings. The molecule has 2 heterocycles. The van der Waals surface area contributed by atoms with Crippen LogP contribution in [0.4, 0.5) is 23.2 Å². The fourth-order valence-corrected chi connectivity index (χ4v) is 5.91. The van der Waals surface area contributed by atoms with Gasteiger partial charge in [0.2, 0.25) is 5.78 Å². The van der Waals surface area contributed by atoms with E-state index >= 15 is 0 Å². The second kappa shape index (κ2) is 14.7. The summed E-state index contributed by atoms with van der Waals surface area (Å²) in [5.74, 6) is -6.65. The number of halogens is 4. The summed E-state index contributed by atoms with van der Waals surface area (Å²) in [5.41, 5.74) is 2.11. The number of hydrogen-bond acceptors (Lipinski definition) is 5. The molecule has 0 saturated carbocycles. The smallest absolute Gasteiger partial charge is 0.294 e. The van der Waals surface area contributed by atoms with Crippen molar-refractivity contribution in [1.29, 1.82) is 0 Å². The van der Waals surface area contributed by atoms with Gasteiger partial charge in [0.1, 0.15) is 29.0 Å². The third-order valence-electron chi connectivity index (χ3n) is 8.56. The van der Waals surface area contributed by atoms with E-state index in [4.69, 9.17) is 0 Å². The summed E-state index contributed by atoms with van der Waals surface area (Å²) < 4.78 is 57.2. The number of carbonyl (C=O) groups is 2. The number of nitrogens with zero attached hydrogens (tertiary/aromatic N) is 3. The molecular weight excluding hydrogens is 650 g/mol. The first kappa shape index (κ1) is 33.9. The van der Waals surface area contributed by atoms with E-state index in [1.165, 1.54) is 35.4 Å². The topological polar surface area (TPSA) is 82.8 Å². The van der Waals surface area contributed by atoms with Gasteiger partial charge in [-0.05, 0) is 52.6 Å². The zero-order valence-electron chi connectivity index (χ0n) is 26.7. The summed E-state index contributed by atoms with van der Waals surface area (Å²) in [6.45, 7) is 1.30. The molecule has 0 spiro atoms. The molecule has 1 aliphatic heterocycles. The highest BCUT2D eigenvalue weighted by Crippen LogP contribution is 2.24. The van der Waals surface area contributed by atoms with Gasteiger partial charge in [-0.3, -0.25) is 14.4 Å². The molecule has 254 valence electrons. The van der Waals surface area contributed by atoms with E-state index in [1.54, 1.807) is 0 Å². The van der Waals surface area contributed by atoms with E-state index in [0.717, 1.165) is 27.4 Å². The molecule has 0 radical (unpaired) electrons. The molecule has 0 unspecified atom stereocenters. The first-order chi connectivity index (χ1) is 24.0. The third kappa shape index (κ3) is 7.67. The van der Waals surface area contributed by atoms with E-state index in [9.17, 15) is 37.1 Å². The van der Waals surface area contributed by atoms with Crippen molar-refractivity contribution >= 4 is 23.1 Å². The summed E-state index contributed by atoms with van der Waals surface area (Å²) in [6.07, 6.45) is 1.51. The van der Waals surface area contributed by atoms with Crippen LogP contribution in [0.15, 0.2) is 114 Å². The fourth-order valence-electron chi connectivity index (χ4n) is 5.91. The van der Waals surface area contributed by atoms with E-state index < -0.39 is 63.8 Å². The van der Waals surface area contributed by atoms with Crippen LogP contribution in [0.3, 0.4) is 0 Å². The number of aliphatic hydroxyl groups is 1. The second-order valence-electron chi connectivity index (χ2n) is 11.9. The number of aromatic nitrogens is 1. The van der Waals surface area contributed by atoms with E-state index in [-0.39, 0.29) is 25.2 Å². The molecule has 50 heavy (non-hydrogen) atoms. The largest absolute Gasteiger partial charge is 0.507 e. The van der Waals surface area contributed by atoms with Crippen molar-refractivity contribution in [2.75, 3.05) is 31.1 Å². The molecule has 11 heteroatoms. The van der Waals surface area contributed by atoms with Gasteiger partial charge in [-0.25, -0.2) is 17.6 Å². The van der Waals surface area contributed by atoms with Crippen LogP contribution in [0.5, 0.6) is 0 Å². The third-order valence-corrected chi connectivity index (χ3v) is 8.56. The van der Waals surface area contributed by atoms with Gasteiger partial charge < -0.3 is 19.5 Å². The van der Waals surface area contributed by atoms with Crippen molar-refractivity contribution in [2.24, 2.45) is 0 Å². The zero-order chi connectivity index (χ0) is 35.4. The minimum absolute atomic E-state index is 0.117. The van der Waals surface area contributed by atoms with Crippen LogP contribution in [0, 0.1) is 23.3 Å². The monoisotopic (exact) mass is 681 g/mol. The van der Waals surface area contributed by atoms with Crippen molar-refractivity contribution in [3.63, 3.8) is 0 Å². The van der Waals surface area contributed by atoms with Gasteiger partial charge in [-0.15, -0.1) is 0 Å². The van der Waals surface area contributed by atoms with Crippen LogP contribution in [-0.2, 0) is 22.6 Å². The van der Waals surface area contributed by atoms with Gasteiger partial charge in [0.15, 0.2) is 0 Å². The lowest BCUT2D eigenvalue weighted by molar-refractivity contribution is -0.142. The number of piperazine rings is 1. The number of aliphatic hydroxyl groups excluding tert-OH is 1. The van der Waals surface area contributed by atoms with Crippen LogP contribution >= 0.6 is 0 Å². The zero-order valence-corrected chi connectivity index (χ0v) is 26.7. The Morgan fingerprint density at radius 2 is 1.34 bits per heavy atom. The van der Waals surface area contributed by atoms with Crippen LogP contribution < -0.4 is 10.5 Å². The highest BCUT2D eigenvalue weighted by molar-refractivity contribution is 6.41. The molecule has 1 saturated heterocycles. The lowest BCUT2D eigenvalue weighted by atomic mass is 10.0. The van der Waals surface area contributed by atoms with Gasteiger partial charge in [0.25, 0.3) is 11.5 Å². The molecular formula is C39H31F4N3O4. The van der Waals surface area contributed by atoms with Gasteiger partial charge >= 0.3 is 0 Å². The predicted octanol–water partition coefficient (Wildman–Crippen LogP) is 6.53. The van der Waals surface area contributed by atoms with Crippen LogP contribution in [-0.4, -0.2) is 52.4 Å². The maximum absolute atomic E-state index is 14.5. The first-order valence-electron chi connectivity index (χ1n) is 15.8. The average Bonchev–Trinajstić information content (AvgIpc) is 3.12. The van der Waals surface area contributed by atoms with Crippen LogP contribution in [0.25, 0.3) is 16.9 Å². The van der Waals surface area contributed by atoms with Gasteiger partial charge in [-0.2, -0.15) is 0 Å². The fraction of sp³-hybridized carbons (Fsp3) is 0.154. The van der Waals surface area contributed by atoms with E-state index in [1.807, 2.05) is 54.6 Å². The second-order valence-corrected chi connectivity index (χ2v) is 11.9. The minimum Gasteiger partial charge on any atom is -0.507 e. The molecule has 0 aliphatic carbocycles. The predicted molar refractivity (Wildman–Crippen MR) is 182 cm³/mol. The summed E-state index contributed by atoms with van der Waals surface area (Å²) >= 11 is 0. The van der Waals surface area contributed by atoms with Crippen molar-refractivity contribution in [2.45, 2.75) is 13.0 Å². The Labute approximate surface area is 285 Å². The van der Waals surface area contributed by atoms with E-state index in [2.05, 4.69) is 4.90 Å². The SMILES string of the molecule is O=C(C=C(O)c1cc(Cc2c(F)cc(F)cc2F)cn(Cc2ccc(F)cc2)c1=O)C(=O)N1CCN(c2ccc(-c3ccccc3)cc2)CC1. The minimum atomic E-state index is -1.15. The molecule has 4 aromatic carbocycles. The molecule has 1 fully saturated rings. The average molecular weight is 682 g/mol. The highest BCUT2D eigenvalue weighted by atomic mass is 19.1. The standard InChI is InChI=1S/C39H31F4N3O4/c40-29-10-6-25(7-11-29)23-46-24-26(18-32-34(42)20-30(41)21-35(32)43)19-33(38(46)49)36(47)22-37(48)39(50)45-16-14-44(15-17-45)31-12-8-28(9-13-31)27-4-2-1-3-5-27/h1-13,19-22,24,47H,14-18,23H2. The van der Waals surface area contributed by atoms with Crippen LogP contribution in [0.1, 0.15) is 22.3 Å². The number of carbonyl (C=O) groups excluding carboxylic acids is 2. The molecule has 0 bridgehead atoms. The number of anilines is 1.